The third-order valence-corrected chi connectivity index (χ3v) is 4.82. The lowest BCUT2D eigenvalue weighted by atomic mass is 9.87. The Hall–Kier alpha value is -3.08. The predicted octanol–water partition coefficient (Wildman–Crippen LogP) is 3.81. The van der Waals surface area contributed by atoms with Gasteiger partial charge in [-0.2, -0.15) is 0 Å². The first-order valence-electron chi connectivity index (χ1n) is 9.36. The Bertz CT molecular complexity index is 1040. The Morgan fingerprint density at radius 3 is 2.43 bits per heavy atom. The van der Waals surface area contributed by atoms with Crippen molar-refractivity contribution >= 4 is 16.8 Å². The highest BCUT2D eigenvalue weighted by Gasteiger charge is 2.14. The number of benzene rings is 2. The largest absolute Gasteiger partial charge is 0.497 e. The number of ether oxygens (including phenoxy) is 1. The first kappa shape index (κ1) is 19.7. The minimum absolute atomic E-state index is 0.0504. The number of aromatic nitrogens is 1. The molecular formula is C23H26N2O3. The number of hydrogen-bond donors (Lipinski definition) is 2. The molecule has 2 aromatic carbocycles. The van der Waals surface area contributed by atoms with Crippen LogP contribution in [0.4, 0.5) is 0 Å². The molecule has 0 unspecified atom stereocenters. The molecule has 146 valence electrons. The average molecular weight is 378 g/mol. The Morgan fingerprint density at radius 1 is 1.07 bits per heavy atom. The second-order valence-corrected chi connectivity index (χ2v) is 7.91. The molecule has 28 heavy (non-hydrogen) atoms. The molecule has 1 heterocycles. The number of hydrogen-bond acceptors (Lipinski definition) is 3. The number of carbonyl (C=O) groups is 1. The second kappa shape index (κ2) is 7.89. The van der Waals surface area contributed by atoms with Crippen LogP contribution in [-0.2, 0) is 11.8 Å². The molecule has 5 nitrogen and oxygen atoms in total. The summed E-state index contributed by atoms with van der Waals surface area (Å²) in [6, 6.07) is 15.0. The van der Waals surface area contributed by atoms with Crippen LogP contribution < -0.4 is 15.6 Å². The number of methoxy groups -OCH3 is 1. The molecule has 3 aromatic rings. The summed E-state index contributed by atoms with van der Waals surface area (Å²) in [7, 11) is 1.61. The monoisotopic (exact) mass is 378 g/mol. The number of pyridine rings is 1. The molecule has 0 saturated carbocycles. The lowest BCUT2D eigenvalue weighted by molar-refractivity contribution is 0.0954. The summed E-state index contributed by atoms with van der Waals surface area (Å²) >= 11 is 0. The zero-order chi connectivity index (χ0) is 20.3. The fourth-order valence-corrected chi connectivity index (χ4v) is 3.08. The van der Waals surface area contributed by atoms with Crippen molar-refractivity contribution in [2.45, 2.75) is 32.6 Å². The van der Waals surface area contributed by atoms with E-state index < -0.39 is 0 Å². The van der Waals surface area contributed by atoms with Crippen LogP contribution in [-0.4, -0.2) is 24.5 Å². The highest BCUT2D eigenvalue weighted by atomic mass is 16.5. The van der Waals surface area contributed by atoms with Gasteiger partial charge in [0, 0.05) is 28.6 Å². The van der Waals surface area contributed by atoms with Gasteiger partial charge in [-0.05, 0) is 53.8 Å². The van der Waals surface area contributed by atoms with Crippen LogP contribution in [0.3, 0.4) is 0 Å². The van der Waals surface area contributed by atoms with Gasteiger partial charge in [0.2, 0.25) is 0 Å². The lowest BCUT2D eigenvalue weighted by Crippen LogP contribution is -2.27. The number of carbonyl (C=O) groups excluding carboxylic acids is 1. The van der Waals surface area contributed by atoms with Gasteiger partial charge in [-0.3, -0.25) is 9.59 Å². The standard InChI is InChI=1S/C23H26N2O3/c1-23(2,3)18-7-5-15(6-8-18)21(26)24-12-11-16-13-17-14-19(28-4)9-10-20(17)25-22(16)27/h5-10,13-14H,11-12H2,1-4H3,(H,24,26)(H,25,27). The first-order valence-corrected chi connectivity index (χ1v) is 9.36. The number of H-pyrrole nitrogens is 1. The van der Waals surface area contributed by atoms with Gasteiger partial charge in [0.05, 0.1) is 7.11 Å². The molecule has 0 aliphatic rings. The maximum absolute atomic E-state index is 12.4. The zero-order valence-electron chi connectivity index (χ0n) is 16.8. The molecule has 0 aliphatic carbocycles. The fourth-order valence-electron chi connectivity index (χ4n) is 3.08. The van der Waals surface area contributed by atoms with Gasteiger partial charge < -0.3 is 15.0 Å². The van der Waals surface area contributed by atoms with Crippen LogP contribution in [0.2, 0.25) is 0 Å². The Kier molecular flexibility index (Phi) is 5.54. The van der Waals surface area contributed by atoms with Crippen molar-refractivity contribution in [1.82, 2.24) is 10.3 Å². The highest BCUT2D eigenvalue weighted by molar-refractivity contribution is 5.94. The Morgan fingerprint density at radius 2 is 1.79 bits per heavy atom. The van der Waals surface area contributed by atoms with E-state index in [0.29, 0.717) is 24.1 Å². The molecule has 0 atom stereocenters. The van der Waals surface area contributed by atoms with Crippen molar-refractivity contribution in [3.05, 3.63) is 75.6 Å². The molecule has 2 N–H and O–H groups in total. The summed E-state index contributed by atoms with van der Waals surface area (Å²) in [6.45, 7) is 6.80. The minimum Gasteiger partial charge on any atom is -0.497 e. The summed E-state index contributed by atoms with van der Waals surface area (Å²) in [5.74, 6) is 0.594. The Balaban J connectivity index is 1.66. The van der Waals surface area contributed by atoms with Gasteiger partial charge in [0.1, 0.15) is 5.75 Å². The van der Waals surface area contributed by atoms with E-state index in [4.69, 9.17) is 4.74 Å². The fraction of sp³-hybridized carbons (Fsp3) is 0.304. The van der Waals surface area contributed by atoms with E-state index in [2.05, 4.69) is 31.1 Å². The molecule has 0 bridgehead atoms. The van der Waals surface area contributed by atoms with Gasteiger partial charge in [-0.25, -0.2) is 0 Å². The van der Waals surface area contributed by atoms with Crippen LogP contribution in [0.15, 0.2) is 53.3 Å². The van der Waals surface area contributed by atoms with Crippen LogP contribution in [0.5, 0.6) is 5.75 Å². The minimum atomic E-state index is -0.139. The van der Waals surface area contributed by atoms with Gasteiger partial charge >= 0.3 is 0 Å². The molecule has 3 rings (SSSR count). The predicted molar refractivity (Wildman–Crippen MR) is 112 cm³/mol. The van der Waals surface area contributed by atoms with Gasteiger partial charge in [0.25, 0.3) is 11.5 Å². The van der Waals surface area contributed by atoms with E-state index in [1.165, 1.54) is 5.56 Å². The summed E-state index contributed by atoms with van der Waals surface area (Å²) in [6.07, 6.45) is 0.453. The summed E-state index contributed by atoms with van der Waals surface area (Å²) in [4.78, 5) is 27.5. The van der Waals surface area contributed by atoms with Crippen molar-refractivity contribution in [1.29, 1.82) is 0 Å². The average Bonchev–Trinajstić information content (AvgIpc) is 2.67. The molecule has 0 saturated heterocycles. The van der Waals surface area contributed by atoms with Gasteiger partial charge in [-0.15, -0.1) is 0 Å². The van der Waals surface area contributed by atoms with Crippen LogP contribution in [0.1, 0.15) is 42.3 Å². The van der Waals surface area contributed by atoms with Crippen molar-refractivity contribution in [2.75, 3.05) is 13.7 Å². The molecule has 0 aliphatic heterocycles. The van der Waals surface area contributed by atoms with E-state index in [1.807, 2.05) is 48.5 Å². The van der Waals surface area contributed by atoms with E-state index in [1.54, 1.807) is 7.11 Å². The van der Waals surface area contributed by atoms with Crippen LogP contribution in [0, 0.1) is 0 Å². The van der Waals surface area contributed by atoms with Crippen molar-refractivity contribution in [2.24, 2.45) is 0 Å². The van der Waals surface area contributed by atoms with E-state index in [9.17, 15) is 9.59 Å². The summed E-state index contributed by atoms with van der Waals surface area (Å²) in [5, 5.41) is 3.79. The third kappa shape index (κ3) is 4.42. The zero-order valence-corrected chi connectivity index (χ0v) is 16.8. The molecule has 5 heteroatoms. The quantitative estimate of drug-likeness (QED) is 0.709. The van der Waals surface area contributed by atoms with Crippen molar-refractivity contribution < 1.29 is 9.53 Å². The normalized spacial score (nSPS) is 11.4. The van der Waals surface area contributed by atoms with Crippen LogP contribution in [0.25, 0.3) is 10.9 Å². The number of amides is 1. The second-order valence-electron chi connectivity index (χ2n) is 7.91. The number of fused-ring (bicyclic) bond motifs is 1. The lowest BCUT2D eigenvalue weighted by Gasteiger charge is -2.19. The van der Waals surface area contributed by atoms with Gasteiger partial charge in [-0.1, -0.05) is 32.9 Å². The first-order chi connectivity index (χ1) is 13.3. The SMILES string of the molecule is COc1ccc2[nH]c(=O)c(CCNC(=O)c3ccc(C(C)(C)C)cc3)cc2c1. The highest BCUT2D eigenvalue weighted by Crippen LogP contribution is 2.22. The number of aromatic amines is 1. The maximum Gasteiger partial charge on any atom is 0.251 e. The van der Waals surface area contributed by atoms with Crippen molar-refractivity contribution in [3.63, 3.8) is 0 Å². The molecule has 0 spiro atoms. The topological polar surface area (TPSA) is 71.2 Å². The summed E-state index contributed by atoms with van der Waals surface area (Å²) < 4.78 is 5.23. The van der Waals surface area contributed by atoms with E-state index in [0.717, 1.165) is 16.7 Å². The molecule has 0 fully saturated rings. The van der Waals surface area contributed by atoms with E-state index in [-0.39, 0.29) is 16.9 Å². The Labute approximate surface area is 164 Å². The molecule has 1 amide bonds. The maximum atomic E-state index is 12.4. The molecule has 0 radical (unpaired) electrons. The third-order valence-electron chi connectivity index (χ3n) is 4.82. The number of nitrogens with one attached hydrogen (secondary N) is 2. The van der Waals surface area contributed by atoms with Crippen LogP contribution >= 0.6 is 0 Å². The molecule has 1 aromatic heterocycles. The number of rotatable bonds is 5. The smallest absolute Gasteiger partial charge is 0.251 e. The summed E-state index contributed by atoms with van der Waals surface area (Å²) in [5.41, 5.74) is 3.10. The molecular weight excluding hydrogens is 352 g/mol. The van der Waals surface area contributed by atoms with Crippen molar-refractivity contribution in [3.8, 4) is 5.75 Å². The van der Waals surface area contributed by atoms with Gasteiger partial charge in [0.15, 0.2) is 0 Å². The van der Waals surface area contributed by atoms with E-state index >= 15 is 0 Å².